The number of likely N-dealkylation sites (tertiary alicyclic amines) is 1. The Morgan fingerprint density at radius 1 is 1.50 bits per heavy atom. The maximum absolute atomic E-state index is 12.1. The molecule has 1 N–H and O–H groups in total. The van der Waals surface area contributed by atoms with Crippen LogP contribution in [0.5, 0.6) is 0 Å². The Morgan fingerprint density at radius 2 is 2.28 bits per heavy atom. The number of aliphatic carboxylic acids is 1. The number of carboxylic acid groups (broad SMARTS) is 1. The van der Waals surface area contributed by atoms with Crippen LogP contribution in [0.2, 0.25) is 0 Å². The summed E-state index contributed by atoms with van der Waals surface area (Å²) in [5.74, 6) is -1.35. The maximum Gasteiger partial charge on any atom is 0.308 e. The van der Waals surface area contributed by atoms with E-state index in [4.69, 9.17) is 5.11 Å². The van der Waals surface area contributed by atoms with E-state index in [1.807, 2.05) is 0 Å². The summed E-state index contributed by atoms with van der Waals surface area (Å²) in [6, 6.07) is 1.51. The molecule has 2 rings (SSSR count). The van der Waals surface area contributed by atoms with E-state index in [1.165, 1.54) is 0 Å². The summed E-state index contributed by atoms with van der Waals surface area (Å²) in [6.07, 6.45) is 4.72. The van der Waals surface area contributed by atoms with E-state index in [0.717, 1.165) is 6.42 Å². The minimum atomic E-state index is -0.820. The second kappa shape index (κ2) is 5.20. The van der Waals surface area contributed by atoms with E-state index in [2.05, 4.69) is 5.10 Å². The van der Waals surface area contributed by atoms with Crippen molar-refractivity contribution in [2.24, 2.45) is 5.92 Å². The Hall–Kier alpha value is -1.85. The number of carboxylic acids is 1. The number of hydrogen-bond acceptors (Lipinski definition) is 3. The van der Waals surface area contributed by atoms with Crippen molar-refractivity contribution in [2.75, 3.05) is 6.54 Å². The van der Waals surface area contributed by atoms with Crippen LogP contribution >= 0.6 is 0 Å². The van der Waals surface area contributed by atoms with E-state index in [1.54, 1.807) is 35.0 Å². The molecule has 0 aliphatic carbocycles. The maximum atomic E-state index is 12.1. The van der Waals surface area contributed by atoms with Gasteiger partial charge in [0.2, 0.25) is 5.91 Å². The van der Waals surface area contributed by atoms with E-state index in [9.17, 15) is 9.59 Å². The minimum absolute atomic E-state index is 0.0721. The lowest BCUT2D eigenvalue weighted by atomic mass is 9.90. The Morgan fingerprint density at radius 3 is 2.89 bits per heavy atom. The molecule has 0 unspecified atom stereocenters. The Balaban J connectivity index is 2.03. The molecule has 18 heavy (non-hydrogen) atoms. The van der Waals surface area contributed by atoms with Crippen LogP contribution in [0.1, 0.15) is 19.8 Å². The van der Waals surface area contributed by atoms with Crippen LogP contribution in [0.25, 0.3) is 0 Å². The zero-order chi connectivity index (χ0) is 13.1. The Kier molecular flexibility index (Phi) is 3.64. The highest BCUT2D eigenvalue weighted by atomic mass is 16.4. The molecule has 2 atom stereocenters. The molecule has 1 aliphatic rings. The smallest absolute Gasteiger partial charge is 0.308 e. The zero-order valence-electron chi connectivity index (χ0n) is 10.3. The summed E-state index contributed by atoms with van der Waals surface area (Å²) in [7, 11) is 0. The van der Waals surface area contributed by atoms with Gasteiger partial charge in [-0.15, -0.1) is 0 Å². The predicted octanol–water partition coefficient (Wildman–Crippen LogP) is 0.595. The fraction of sp³-hybridized carbons (Fsp3) is 0.583. The quantitative estimate of drug-likeness (QED) is 0.853. The highest BCUT2D eigenvalue weighted by Gasteiger charge is 2.35. The minimum Gasteiger partial charge on any atom is -0.481 e. The first-order valence-corrected chi connectivity index (χ1v) is 6.09. The lowest BCUT2D eigenvalue weighted by Crippen LogP contribution is -2.50. The monoisotopic (exact) mass is 251 g/mol. The van der Waals surface area contributed by atoms with E-state index < -0.39 is 11.9 Å². The van der Waals surface area contributed by atoms with E-state index >= 15 is 0 Å². The van der Waals surface area contributed by atoms with Crippen LogP contribution in [0.15, 0.2) is 18.5 Å². The average Bonchev–Trinajstić information content (AvgIpc) is 2.81. The van der Waals surface area contributed by atoms with Crippen LogP contribution < -0.4 is 0 Å². The van der Waals surface area contributed by atoms with Gasteiger partial charge in [0.15, 0.2) is 0 Å². The van der Waals surface area contributed by atoms with Crippen molar-refractivity contribution in [1.29, 1.82) is 0 Å². The molecule has 0 bridgehead atoms. The van der Waals surface area contributed by atoms with Gasteiger partial charge >= 0.3 is 5.97 Å². The molecule has 6 nitrogen and oxygen atoms in total. The number of hydrogen-bond donors (Lipinski definition) is 1. The summed E-state index contributed by atoms with van der Waals surface area (Å²) in [4.78, 5) is 24.9. The van der Waals surface area contributed by atoms with Crippen LogP contribution in [0, 0.1) is 5.92 Å². The number of amides is 1. The van der Waals surface area contributed by atoms with Crippen LogP contribution in [0.3, 0.4) is 0 Å². The molecule has 98 valence electrons. The van der Waals surface area contributed by atoms with Crippen LogP contribution in [-0.4, -0.2) is 44.3 Å². The van der Waals surface area contributed by atoms with Gasteiger partial charge in [0.25, 0.3) is 0 Å². The summed E-state index contributed by atoms with van der Waals surface area (Å²) < 4.78 is 1.55. The molecule has 2 heterocycles. The number of rotatable bonds is 3. The summed E-state index contributed by atoms with van der Waals surface area (Å²) >= 11 is 0. The molecule has 1 amide bonds. The molecule has 1 aromatic rings. The molecule has 0 radical (unpaired) electrons. The average molecular weight is 251 g/mol. The van der Waals surface area contributed by atoms with Crippen molar-refractivity contribution >= 4 is 11.9 Å². The second-order valence-electron chi connectivity index (χ2n) is 4.62. The lowest BCUT2D eigenvalue weighted by Gasteiger charge is -2.37. The highest BCUT2D eigenvalue weighted by molar-refractivity contribution is 5.78. The third-order valence-electron chi connectivity index (χ3n) is 3.48. The first kappa shape index (κ1) is 12.6. The van der Waals surface area contributed by atoms with Crippen molar-refractivity contribution in [3.63, 3.8) is 0 Å². The van der Waals surface area contributed by atoms with Gasteiger partial charge in [-0.1, -0.05) is 0 Å². The highest BCUT2D eigenvalue weighted by Crippen LogP contribution is 2.23. The molecule has 0 aromatic carbocycles. The number of nitrogens with zero attached hydrogens (tertiary/aromatic N) is 3. The van der Waals surface area contributed by atoms with Crippen molar-refractivity contribution in [2.45, 2.75) is 32.4 Å². The molecule has 1 aliphatic heterocycles. The van der Waals surface area contributed by atoms with Gasteiger partial charge in [-0.2, -0.15) is 5.10 Å². The molecule has 6 heteroatoms. The molecule has 1 saturated heterocycles. The molecule has 1 aromatic heterocycles. The van der Waals surface area contributed by atoms with E-state index in [-0.39, 0.29) is 18.5 Å². The van der Waals surface area contributed by atoms with Crippen molar-refractivity contribution < 1.29 is 14.7 Å². The summed E-state index contributed by atoms with van der Waals surface area (Å²) in [5, 5.41) is 13.1. The first-order chi connectivity index (χ1) is 8.59. The standard InChI is InChI=1S/C12H17N3O3/c1-9-10(12(17)18)4-2-7-15(9)11(16)8-14-6-3-5-13-14/h3,5-6,9-10H,2,4,7-8H2,1H3,(H,17,18)/t9-,10-/m1/s1. The van der Waals surface area contributed by atoms with Gasteiger partial charge in [0.1, 0.15) is 6.54 Å². The van der Waals surface area contributed by atoms with Gasteiger partial charge in [-0.25, -0.2) is 0 Å². The fourth-order valence-corrected chi connectivity index (χ4v) is 2.45. The molecule has 0 saturated carbocycles. The third-order valence-corrected chi connectivity index (χ3v) is 3.48. The normalized spacial score (nSPS) is 23.9. The summed E-state index contributed by atoms with van der Waals surface area (Å²) in [5.41, 5.74) is 0. The SMILES string of the molecule is C[C@@H]1[C@H](C(=O)O)CCCN1C(=O)Cn1cccn1. The fourth-order valence-electron chi connectivity index (χ4n) is 2.45. The largest absolute Gasteiger partial charge is 0.481 e. The predicted molar refractivity (Wildman–Crippen MR) is 63.8 cm³/mol. The number of aromatic nitrogens is 2. The molecule has 1 fully saturated rings. The van der Waals surface area contributed by atoms with Gasteiger partial charge in [0.05, 0.1) is 5.92 Å². The second-order valence-corrected chi connectivity index (χ2v) is 4.62. The first-order valence-electron chi connectivity index (χ1n) is 6.09. The number of carbonyl (C=O) groups is 2. The topological polar surface area (TPSA) is 75.4 Å². The zero-order valence-corrected chi connectivity index (χ0v) is 10.3. The van der Waals surface area contributed by atoms with Crippen molar-refractivity contribution in [1.82, 2.24) is 14.7 Å². The van der Waals surface area contributed by atoms with Gasteiger partial charge in [0, 0.05) is 25.0 Å². The lowest BCUT2D eigenvalue weighted by molar-refractivity contribution is -0.149. The molecule has 0 spiro atoms. The van der Waals surface area contributed by atoms with E-state index in [0.29, 0.717) is 13.0 Å². The summed E-state index contributed by atoms with van der Waals surface area (Å²) in [6.45, 7) is 2.60. The van der Waals surface area contributed by atoms with Gasteiger partial charge in [-0.05, 0) is 25.8 Å². The van der Waals surface area contributed by atoms with Crippen molar-refractivity contribution in [3.8, 4) is 0 Å². The van der Waals surface area contributed by atoms with Crippen LogP contribution in [-0.2, 0) is 16.1 Å². The van der Waals surface area contributed by atoms with Gasteiger partial charge in [-0.3, -0.25) is 14.3 Å². The van der Waals surface area contributed by atoms with Crippen molar-refractivity contribution in [3.05, 3.63) is 18.5 Å². The third kappa shape index (κ3) is 2.52. The number of carbonyl (C=O) groups excluding carboxylic acids is 1. The molecular formula is C12H17N3O3. The van der Waals surface area contributed by atoms with Gasteiger partial charge < -0.3 is 10.0 Å². The van der Waals surface area contributed by atoms with Crippen LogP contribution in [0.4, 0.5) is 0 Å². The molecular weight excluding hydrogens is 234 g/mol. The Bertz CT molecular complexity index is 430. The number of piperidine rings is 1. The Labute approximate surface area is 105 Å².